The number of benzene rings is 1. The van der Waals surface area contributed by atoms with Gasteiger partial charge in [0.15, 0.2) is 5.16 Å². The van der Waals surface area contributed by atoms with E-state index in [1.165, 1.54) is 28.8 Å². The first-order chi connectivity index (χ1) is 11.6. The van der Waals surface area contributed by atoms with E-state index in [0.29, 0.717) is 11.1 Å². The van der Waals surface area contributed by atoms with Crippen molar-refractivity contribution in [1.29, 1.82) is 0 Å². The molecule has 1 saturated heterocycles. The Morgan fingerprint density at radius 3 is 2.83 bits per heavy atom. The number of thioether (sulfide) groups is 1. The number of fused-ring (bicyclic) bond motifs is 1. The van der Waals surface area contributed by atoms with Crippen LogP contribution in [0.5, 0.6) is 0 Å². The summed E-state index contributed by atoms with van der Waals surface area (Å²) in [7, 11) is 0. The summed E-state index contributed by atoms with van der Waals surface area (Å²) < 4.78 is 15.2. The first-order valence-corrected chi connectivity index (χ1v) is 9.12. The molecule has 0 bridgehead atoms. The van der Waals surface area contributed by atoms with Crippen LogP contribution in [0, 0.1) is 11.7 Å². The van der Waals surface area contributed by atoms with Crippen LogP contribution in [0.1, 0.15) is 36.2 Å². The van der Waals surface area contributed by atoms with E-state index < -0.39 is 0 Å². The molecule has 5 nitrogen and oxygen atoms in total. The number of rotatable bonds is 3. The van der Waals surface area contributed by atoms with E-state index in [2.05, 4.69) is 21.9 Å². The number of hydrogen-bond donors (Lipinski definition) is 0. The van der Waals surface area contributed by atoms with E-state index in [9.17, 15) is 9.18 Å². The Bertz CT molecular complexity index is 757. The molecule has 0 amide bonds. The van der Waals surface area contributed by atoms with Crippen LogP contribution < -0.4 is 0 Å². The number of nitrogens with zero attached hydrogens (tertiary/aromatic N) is 4. The van der Waals surface area contributed by atoms with Crippen LogP contribution in [0.4, 0.5) is 4.39 Å². The maximum Gasteiger partial charge on any atom is 0.264 e. The van der Waals surface area contributed by atoms with Gasteiger partial charge in [0.05, 0.1) is 6.04 Å². The molecule has 0 radical (unpaired) electrons. The standard InChI is InChI=1S/C17H19FN4OS/c1-11-5-7-21(8-6-11)14(12-3-2-4-13(18)9-12)15-16(23)22-17(24-15)19-10-20-22/h2-4,9-11,14-15H,5-8H2,1H3. The maximum absolute atomic E-state index is 13.8. The summed E-state index contributed by atoms with van der Waals surface area (Å²) in [5.74, 6) is 0.355. The summed E-state index contributed by atoms with van der Waals surface area (Å²) in [5.41, 5.74) is 0.848. The molecule has 2 aromatic rings. The molecule has 24 heavy (non-hydrogen) atoms. The van der Waals surface area contributed by atoms with Crippen molar-refractivity contribution in [1.82, 2.24) is 19.7 Å². The van der Waals surface area contributed by atoms with Crippen molar-refractivity contribution in [3.8, 4) is 0 Å². The van der Waals surface area contributed by atoms with E-state index in [1.54, 1.807) is 12.1 Å². The molecule has 2 atom stereocenters. The van der Waals surface area contributed by atoms with Gasteiger partial charge >= 0.3 is 0 Å². The average molecular weight is 346 g/mol. The highest BCUT2D eigenvalue weighted by atomic mass is 32.2. The molecule has 0 saturated carbocycles. The predicted molar refractivity (Wildman–Crippen MR) is 89.4 cm³/mol. The monoisotopic (exact) mass is 346 g/mol. The van der Waals surface area contributed by atoms with Crippen molar-refractivity contribution >= 4 is 17.7 Å². The molecule has 0 aliphatic carbocycles. The normalized spacial score (nSPS) is 23.4. The van der Waals surface area contributed by atoms with E-state index >= 15 is 0 Å². The highest BCUT2D eigenvalue weighted by Crippen LogP contribution is 2.41. The van der Waals surface area contributed by atoms with Crippen molar-refractivity contribution < 1.29 is 9.18 Å². The number of carbonyl (C=O) groups excluding carboxylic acids is 1. The Balaban J connectivity index is 1.68. The lowest BCUT2D eigenvalue weighted by Gasteiger charge is -2.38. The molecule has 1 aromatic heterocycles. The molecule has 2 aliphatic heterocycles. The van der Waals surface area contributed by atoms with Crippen molar-refractivity contribution in [2.45, 2.75) is 36.2 Å². The average Bonchev–Trinajstić information content (AvgIpc) is 3.14. The van der Waals surface area contributed by atoms with Gasteiger partial charge in [0.2, 0.25) is 0 Å². The van der Waals surface area contributed by atoms with Crippen LogP contribution in [0.15, 0.2) is 35.7 Å². The lowest BCUT2D eigenvalue weighted by molar-refractivity contribution is 0.0799. The summed E-state index contributed by atoms with van der Waals surface area (Å²) in [6.07, 6.45) is 3.59. The van der Waals surface area contributed by atoms with E-state index in [4.69, 9.17) is 0 Å². The van der Waals surface area contributed by atoms with Gasteiger partial charge in [-0.15, -0.1) is 0 Å². The Labute approximate surface area is 144 Å². The molecule has 0 spiro atoms. The number of halogens is 1. The van der Waals surface area contributed by atoms with Gasteiger partial charge in [0.1, 0.15) is 17.4 Å². The summed E-state index contributed by atoms with van der Waals surface area (Å²) >= 11 is 1.43. The maximum atomic E-state index is 13.8. The predicted octanol–water partition coefficient (Wildman–Crippen LogP) is 3.00. The van der Waals surface area contributed by atoms with Crippen LogP contribution in [-0.2, 0) is 0 Å². The Kier molecular flexibility index (Phi) is 4.14. The van der Waals surface area contributed by atoms with Gasteiger partial charge in [-0.1, -0.05) is 30.8 Å². The SMILES string of the molecule is CC1CCN(C(c2cccc(F)c2)C2Sc3ncnn3C2=O)CC1. The Hall–Kier alpha value is -1.73. The van der Waals surface area contributed by atoms with Crippen molar-refractivity contribution in [2.24, 2.45) is 5.92 Å². The van der Waals surface area contributed by atoms with E-state index in [1.807, 2.05) is 6.07 Å². The highest BCUT2D eigenvalue weighted by molar-refractivity contribution is 8.00. The first kappa shape index (κ1) is 15.8. The van der Waals surface area contributed by atoms with Gasteiger partial charge < -0.3 is 0 Å². The summed E-state index contributed by atoms with van der Waals surface area (Å²) in [4.78, 5) is 19.2. The zero-order chi connectivity index (χ0) is 16.7. The largest absolute Gasteiger partial charge is 0.295 e. The smallest absolute Gasteiger partial charge is 0.264 e. The van der Waals surface area contributed by atoms with Crippen LogP contribution in [0.25, 0.3) is 0 Å². The lowest BCUT2D eigenvalue weighted by atomic mass is 9.94. The number of carbonyl (C=O) groups is 1. The fourth-order valence-corrected chi connectivity index (χ4v) is 4.75. The second kappa shape index (κ2) is 6.29. The third-order valence-electron chi connectivity index (χ3n) is 4.89. The summed E-state index contributed by atoms with van der Waals surface area (Å²) in [6, 6.07) is 6.45. The zero-order valence-corrected chi connectivity index (χ0v) is 14.2. The second-order valence-corrected chi connectivity index (χ2v) is 7.66. The minimum Gasteiger partial charge on any atom is -0.295 e. The minimum absolute atomic E-state index is 0.0691. The van der Waals surface area contributed by atoms with E-state index in [-0.39, 0.29) is 23.0 Å². The van der Waals surface area contributed by atoms with Crippen molar-refractivity contribution in [2.75, 3.05) is 13.1 Å². The molecular weight excluding hydrogens is 327 g/mol. The van der Waals surface area contributed by atoms with Crippen LogP contribution in [-0.4, -0.2) is 43.9 Å². The molecular formula is C17H19FN4OS. The van der Waals surface area contributed by atoms with Gasteiger partial charge in [-0.2, -0.15) is 9.78 Å². The van der Waals surface area contributed by atoms with Gasteiger partial charge in [-0.3, -0.25) is 9.69 Å². The quantitative estimate of drug-likeness (QED) is 0.855. The number of likely N-dealkylation sites (tertiary alicyclic amines) is 1. The topological polar surface area (TPSA) is 51.0 Å². The number of piperidine rings is 1. The van der Waals surface area contributed by atoms with Crippen LogP contribution in [0.3, 0.4) is 0 Å². The highest BCUT2D eigenvalue weighted by Gasteiger charge is 2.43. The molecule has 0 N–H and O–H groups in total. The van der Waals surface area contributed by atoms with Gasteiger partial charge in [0.25, 0.3) is 5.91 Å². The van der Waals surface area contributed by atoms with Crippen LogP contribution in [0.2, 0.25) is 0 Å². The fraction of sp³-hybridized carbons (Fsp3) is 0.471. The molecule has 126 valence electrons. The molecule has 1 aromatic carbocycles. The molecule has 3 heterocycles. The molecule has 2 aliphatic rings. The lowest BCUT2D eigenvalue weighted by Crippen LogP contribution is -2.42. The second-order valence-electron chi connectivity index (χ2n) is 6.55. The number of hydrogen-bond acceptors (Lipinski definition) is 5. The van der Waals surface area contributed by atoms with E-state index in [0.717, 1.165) is 31.5 Å². The van der Waals surface area contributed by atoms with Gasteiger partial charge in [0, 0.05) is 0 Å². The zero-order valence-electron chi connectivity index (χ0n) is 13.4. The van der Waals surface area contributed by atoms with Gasteiger partial charge in [-0.25, -0.2) is 9.37 Å². The van der Waals surface area contributed by atoms with Gasteiger partial charge in [-0.05, 0) is 49.5 Å². The molecule has 1 fully saturated rings. The summed E-state index contributed by atoms with van der Waals surface area (Å²) in [5, 5.41) is 4.31. The Morgan fingerprint density at radius 1 is 1.33 bits per heavy atom. The van der Waals surface area contributed by atoms with Crippen molar-refractivity contribution in [3.63, 3.8) is 0 Å². The Morgan fingerprint density at radius 2 is 2.12 bits per heavy atom. The minimum atomic E-state index is -0.337. The first-order valence-electron chi connectivity index (χ1n) is 8.24. The summed E-state index contributed by atoms with van der Waals surface area (Å²) in [6.45, 7) is 4.09. The van der Waals surface area contributed by atoms with Crippen LogP contribution >= 0.6 is 11.8 Å². The fourth-order valence-electron chi connectivity index (χ4n) is 3.52. The number of aromatic nitrogens is 3. The van der Waals surface area contributed by atoms with Crippen molar-refractivity contribution in [3.05, 3.63) is 42.0 Å². The third-order valence-corrected chi connectivity index (χ3v) is 6.09. The molecule has 2 unspecified atom stereocenters. The third kappa shape index (κ3) is 2.75. The molecule has 7 heteroatoms. The molecule has 4 rings (SSSR count).